The highest BCUT2D eigenvalue weighted by atomic mass is 16.5. The van der Waals surface area contributed by atoms with Crippen molar-refractivity contribution in [3.05, 3.63) is 12.1 Å². The number of aromatic hydroxyl groups is 2. The summed E-state index contributed by atoms with van der Waals surface area (Å²) >= 11 is 0. The first-order valence-electron chi connectivity index (χ1n) is 5.15. The Bertz CT molecular complexity index is 359. The maximum atomic E-state index is 9.63. The average molecular weight is 204 g/mol. The molecule has 2 rings (SSSR count). The third kappa shape index (κ3) is 2.03. The lowest BCUT2D eigenvalue weighted by Crippen LogP contribution is -2.13. The normalized spacial score (nSPS) is 16.8. The minimum Gasteiger partial charge on any atom is -0.505 e. The van der Waals surface area contributed by atoms with E-state index in [0.717, 1.165) is 25.7 Å². The van der Waals surface area contributed by atoms with Crippen LogP contribution in [-0.4, -0.2) is 24.2 Å². The molecular weight excluding hydrogens is 191 g/mol. The topological polar surface area (TPSA) is 49.7 Å². The van der Waals surface area contributed by atoms with Crippen LogP contribution in [0.25, 0.3) is 0 Å². The van der Waals surface area contributed by atoms with Crippen molar-refractivity contribution in [3.8, 4) is 17.2 Å². The van der Waals surface area contributed by atoms with Gasteiger partial charge in [-0.2, -0.15) is 0 Å². The lowest BCUT2D eigenvalue weighted by Gasteiger charge is -2.16. The number of benzene rings is 1. The summed E-state index contributed by atoms with van der Waals surface area (Å²) in [6.07, 6.45) is 4.29. The van der Waals surface area contributed by atoms with Gasteiger partial charge in [-0.15, -0.1) is 0 Å². The van der Waals surface area contributed by atoms with E-state index in [4.69, 9.17) is 12.6 Å². The van der Waals surface area contributed by atoms with Gasteiger partial charge in [0.1, 0.15) is 7.85 Å². The monoisotopic (exact) mass is 204 g/mol. The van der Waals surface area contributed by atoms with E-state index in [1.165, 1.54) is 12.1 Å². The lowest BCUT2D eigenvalue weighted by molar-refractivity contribution is 0.194. The van der Waals surface area contributed by atoms with Gasteiger partial charge in [0, 0.05) is 0 Å². The molecule has 0 saturated heterocycles. The fourth-order valence-electron chi connectivity index (χ4n) is 1.86. The fraction of sp³-hybridized carbons (Fsp3) is 0.455. The van der Waals surface area contributed by atoms with Gasteiger partial charge in [0.2, 0.25) is 5.75 Å². The van der Waals surface area contributed by atoms with E-state index < -0.39 is 0 Å². The zero-order valence-electron chi connectivity index (χ0n) is 8.44. The van der Waals surface area contributed by atoms with Crippen molar-refractivity contribution in [1.29, 1.82) is 0 Å². The van der Waals surface area contributed by atoms with Crippen molar-refractivity contribution in [2.75, 3.05) is 0 Å². The molecule has 1 aromatic rings. The summed E-state index contributed by atoms with van der Waals surface area (Å²) in [5.41, 5.74) is 0.223. The summed E-state index contributed by atoms with van der Waals surface area (Å²) in [5, 5.41) is 19.2. The number of hydrogen-bond donors (Lipinski definition) is 2. The molecule has 1 aliphatic carbocycles. The Kier molecular flexibility index (Phi) is 2.76. The van der Waals surface area contributed by atoms with E-state index in [-0.39, 0.29) is 28.8 Å². The summed E-state index contributed by atoms with van der Waals surface area (Å²) in [5.74, 6) is -0.114. The van der Waals surface area contributed by atoms with Crippen LogP contribution in [0.5, 0.6) is 17.2 Å². The summed E-state index contributed by atoms with van der Waals surface area (Å²) in [7, 11) is 5.52. The van der Waals surface area contributed by atoms with E-state index in [1.54, 1.807) is 0 Å². The molecule has 2 radical (unpaired) electrons. The van der Waals surface area contributed by atoms with Gasteiger partial charge >= 0.3 is 0 Å². The number of ether oxygens (including phenoxy) is 1. The molecule has 1 fully saturated rings. The second-order valence-electron chi connectivity index (χ2n) is 3.88. The van der Waals surface area contributed by atoms with Crippen LogP contribution in [0.15, 0.2) is 12.1 Å². The van der Waals surface area contributed by atoms with Crippen LogP contribution < -0.4 is 10.2 Å². The molecule has 0 amide bonds. The second-order valence-corrected chi connectivity index (χ2v) is 3.88. The van der Waals surface area contributed by atoms with Crippen LogP contribution >= 0.6 is 0 Å². The second kappa shape index (κ2) is 4.05. The van der Waals surface area contributed by atoms with Crippen molar-refractivity contribution < 1.29 is 14.9 Å². The molecule has 3 nitrogen and oxygen atoms in total. The molecule has 0 atom stereocenters. The number of rotatable bonds is 2. The summed E-state index contributed by atoms with van der Waals surface area (Å²) in [4.78, 5) is 0. The van der Waals surface area contributed by atoms with E-state index in [1.807, 2.05) is 0 Å². The molecule has 1 aliphatic rings. The molecule has 78 valence electrons. The first kappa shape index (κ1) is 10.2. The van der Waals surface area contributed by atoms with Crippen molar-refractivity contribution in [3.63, 3.8) is 0 Å². The summed E-state index contributed by atoms with van der Waals surface area (Å²) < 4.78 is 5.54. The largest absolute Gasteiger partial charge is 0.505 e. The Morgan fingerprint density at radius 2 is 1.87 bits per heavy atom. The Labute approximate surface area is 90.1 Å². The van der Waals surface area contributed by atoms with Crippen molar-refractivity contribution in [1.82, 2.24) is 0 Å². The Morgan fingerprint density at radius 3 is 2.53 bits per heavy atom. The molecule has 0 spiro atoms. The number of phenols is 2. The van der Waals surface area contributed by atoms with Crippen LogP contribution in [0.1, 0.15) is 25.7 Å². The first-order chi connectivity index (χ1) is 7.18. The maximum Gasteiger partial charge on any atom is 0.202 e. The lowest BCUT2D eigenvalue weighted by atomic mass is 9.94. The van der Waals surface area contributed by atoms with Gasteiger partial charge in [0.05, 0.1) is 6.10 Å². The third-order valence-electron chi connectivity index (χ3n) is 2.73. The van der Waals surface area contributed by atoms with Crippen molar-refractivity contribution in [2.24, 2.45) is 0 Å². The Hall–Kier alpha value is -1.32. The molecule has 0 aromatic heterocycles. The molecule has 0 heterocycles. The van der Waals surface area contributed by atoms with Crippen LogP contribution in [0.2, 0.25) is 0 Å². The van der Waals surface area contributed by atoms with Gasteiger partial charge in [-0.05, 0) is 31.7 Å². The molecule has 0 unspecified atom stereocenters. The standard InChI is InChI=1S/C11H13BO3/c12-8-5-6-9(13)11(10(8)14)15-7-3-1-2-4-7/h5-7,13-14H,1-4H2. The Morgan fingerprint density at radius 1 is 1.20 bits per heavy atom. The van der Waals surface area contributed by atoms with Crippen LogP contribution in [0.4, 0.5) is 0 Å². The molecule has 1 aromatic carbocycles. The van der Waals surface area contributed by atoms with Crippen LogP contribution in [0, 0.1) is 0 Å². The minimum absolute atomic E-state index is 0.0615. The van der Waals surface area contributed by atoms with E-state index in [9.17, 15) is 10.2 Å². The summed E-state index contributed by atoms with van der Waals surface area (Å²) in [6, 6.07) is 2.88. The molecule has 1 saturated carbocycles. The van der Waals surface area contributed by atoms with Crippen molar-refractivity contribution in [2.45, 2.75) is 31.8 Å². The third-order valence-corrected chi connectivity index (χ3v) is 2.73. The van der Waals surface area contributed by atoms with Gasteiger partial charge in [-0.3, -0.25) is 0 Å². The smallest absolute Gasteiger partial charge is 0.202 e. The van der Waals surface area contributed by atoms with Gasteiger partial charge in [-0.25, -0.2) is 0 Å². The number of hydrogen-bond acceptors (Lipinski definition) is 3. The van der Waals surface area contributed by atoms with Gasteiger partial charge in [0.15, 0.2) is 11.5 Å². The predicted molar refractivity (Wildman–Crippen MR) is 58.0 cm³/mol. The van der Waals surface area contributed by atoms with Gasteiger partial charge < -0.3 is 14.9 Å². The zero-order valence-corrected chi connectivity index (χ0v) is 8.44. The van der Waals surface area contributed by atoms with E-state index in [0.29, 0.717) is 0 Å². The SMILES string of the molecule is [B]c1ccc(O)c(OC2CCCC2)c1O. The number of phenolic OH excluding ortho intramolecular Hbond substituents is 2. The molecular formula is C11H13BO3. The molecule has 0 aliphatic heterocycles. The van der Waals surface area contributed by atoms with Gasteiger partial charge in [0.25, 0.3) is 0 Å². The average Bonchev–Trinajstić information content (AvgIpc) is 2.71. The van der Waals surface area contributed by atoms with Crippen LogP contribution in [-0.2, 0) is 0 Å². The molecule has 2 N–H and O–H groups in total. The summed E-state index contributed by atoms with van der Waals surface area (Å²) in [6.45, 7) is 0. The quantitative estimate of drug-likeness (QED) is 0.712. The molecule has 15 heavy (non-hydrogen) atoms. The minimum atomic E-state index is -0.165. The van der Waals surface area contributed by atoms with Crippen LogP contribution in [0.3, 0.4) is 0 Å². The van der Waals surface area contributed by atoms with Crippen molar-refractivity contribution >= 4 is 13.3 Å². The predicted octanol–water partition coefficient (Wildman–Crippen LogP) is 1.21. The van der Waals surface area contributed by atoms with E-state index in [2.05, 4.69) is 0 Å². The zero-order chi connectivity index (χ0) is 10.8. The highest BCUT2D eigenvalue weighted by Crippen LogP contribution is 2.36. The fourth-order valence-corrected chi connectivity index (χ4v) is 1.86. The molecule has 4 heteroatoms. The first-order valence-corrected chi connectivity index (χ1v) is 5.15. The van der Waals surface area contributed by atoms with Gasteiger partial charge in [-0.1, -0.05) is 11.5 Å². The highest BCUT2D eigenvalue weighted by Gasteiger charge is 2.20. The Balaban J connectivity index is 2.22. The molecule has 0 bridgehead atoms. The van der Waals surface area contributed by atoms with E-state index >= 15 is 0 Å². The highest BCUT2D eigenvalue weighted by molar-refractivity contribution is 6.34. The maximum absolute atomic E-state index is 9.63.